The lowest BCUT2D eigenvalue weighted by Gasteiger charge is -2.13. The van der Waals surface area contributed by atoms with Crippen molar-refractivity contribution in [2.45, 2.75) is 0 Å². The summed E-state index contributed by atoms with van der Waals surface area (Å²) in [6.07, 6.45) is 1.54. The van der Waals surface area contributed by atoms with Crippen molar-refractivity contribution in [1.29, 1.82) is 0 Å². The summed E-state index contributed by atoms with van der Waals surface area (Å²) in [4.78, 5) is 39.6. The van der Waals surface area contributed by atoms with Crippen LogP contribution in [0.1, 0.15) is 20.8 Å². The summed E-state index contributed by atoms with van der Waals surface area (Å²) in [5.41, 5.74) is 0.387. The van der Waals surface area contributed by atoms with Gasteiger partial charge in [-0.25, -0.2) is 4.98 Å². The van der Waals surface area contributed by atoms with E-state index in [-0.39, 0.29) is 22.5 Å². The molecule has 7 nitrogen and oxygen atoms in total. The van der Waals surface area contributed by atoms with E-state index < -0.39 is 22.2 Å². The first-order valence-corrected chi connectivity index (χ1v) is 6.91. The molecule has 0 spiro atoms. The van der Waals surface area contributed by atoms with Gasteiger partial charge in [-0.1, -0.05) is 23.7 Å². The smallest absolute Gasteiger partial charge is 0.281 e. The zero-order valence-electron chi connectivity index (χ0n) is 11.3. The molecule has 1 aliphatic carbocycles. The second-order valence-electron chi connectivity index (χ2n) is 5.00. The van der Waals surface area contributed by atoms with E-state index >= 15 is 0 Å². The monoisotopic (exact) mass is 327 g/mol. The second-order valence-corrected chi connectivity index (χ2v) is 5.43. The number of halogens is 1. The second kappa shape index (κ2) is 4.47. The Morgan fingerprint density at radius 2 is 1.96 bits per heavy atom. The van der Waals surface area contributed by atoms with Gasteiger partial charge in [0.1, 0.15) is 22.6 Å². The molecule has 0 unspecified atom stereocenters. The third kappa shape index (κ3) is 1.74. The van der Waals surface area contributed by atoms with Crippen LogP contribution in [0.25, 0.3) is 16.9 Å². The highest BCUT2D eigenvalue weighted by atomic mass is 35.5. The minimum Gasteiger partial charge on any atom is -0.296 e. The van der Waals surface area contributed by atoms with Gasteiger partial charge in [0.25, 0.3) is 11.5 Å². The van der Waals surface area contributed by atoms with Crippen molar-refractivity contribution < 1.29 is 14.5 Å². The molecule has 0 N–H and O–H groups in total. The van der Waals surface area contributed by atoms with Crippen molar-refractivity contribution in [2.24, 2.45) is 0 Å². The number of aromatic nitrogens is 2. The summed E-state index contributed by atoms with van der Waals surface area (Å²) < 4.78 is 1.46. The number of carbonyl (C=O) groups excluding carboxylic acids is 2. The quantitative estimate of drug-likeness (QED) is 0.389. The average molecular weight is 328 g/mol. The van der Waals surface area contributed by atoms with Gasteiger partial charge in [-0.05, 0) is 6.07 Å². The minimum atomic E-state index is -0.906. The van der Waals surface area contributed by atoms with E-state index in [1.54, 1.807) is 18.2 Å². The molecule has 2 heterocycles. The summed E-state index contributed by atoms with van der Waals surface area (Å²) in [5.74, 6) is -1.73. The Balaban J connectivity index is 2.15. The van der Waals surface area contributed by atoms with E-state index in [1.807, 2.05) is 0 Å². The lowest BCUT2D eigenvalue weighted by atomic mass is 9.89. The fourth-order valence-corrected chi connectivity index (χ4v) is 2.93. The molecule has 112 valence electrons. The summed E-state index contributed by atoms with van der Waals surface area (Å²) in [6, 6.07) is 7.31. The molecule has 0 fully saturated rings. The van der Waals surface area contributed by atoms with Crippen LogP contribution in [-0.2, 0) is 0 Å². The maximum atomic E-state index is 12.4. The highest BCUT2D eigenvalue weighted by molar-refractivity contribution is 6.53. The van der Waals surface area contributed by atoms with Crippen LogP contribution in [0.2, 0.25) is 5.02 Å². The molecule has 8 heteroatoms. The molecule has 0 atom stereocenters. The van der Waals surface area contributed by atoms with Crippen molar-refractivity contribution in [2.75, 3.05) is 0 Å². The maximum absolute atomic E-state index is 12.4. The van der Waals surface area contributed by atoms with Crippen LogP contribution < -0.4 is 0 Å². The molecule has 0 bridgehead atoms. The Morgan fingerprint density at radius 1 is 1.17 bits per heavy atom. The van der Waals surface area contributed by atoms with Crippen LogP contribution in [0.4, 0.5) is 5.69 Å². The summed E-state index contributed by atoms with van der Waals surface area (Å²) in [5, 5.41) is 11.6. The third-order valence-electron chi connectivity index (χ3n) is 3.73. The van der Waals surface area contributed by atoms with Crippen molar-refractivity contribution in [3.8, 4) is 11.3 Å². The summed E-state index contributed by atoms with van der Waals surface area (Å²) in [6.45, 7) is 0. The molecule has 3 aromatic rings. The number of carbonyl (C=O) groups is 2. The van der Waals surface area contributed by atoms with E-state index in [0.29, 0.717) is 10.7 Å². The van der Waals surface area contributed by atoms with Gasteiger partial charge < -0.3 is 0 Å². The van der Waals surface area contributed by atoms with Gasteiger partial charge in [-0.3, -0.25) is 24.1 Å². The first kappa shape index (κ1) is 13.6. The molecule has 1 aromatic carbocycles. The predicted molar refractivity (Wildman–Crippen MR) is 81.0 cm³/mol. The number of benzene rings is 1. The number of Topliss-reactive ketones (excluding diaryl/α,β-unsaturated/α-hetero) is 2. The molecular formula is C15H6ClN3O4. The van der Waals surface area contributed by atoms with Crippen molar-refractivity contribution >= 4 is 34.5 Å². The van der Waals surface area contributed by atoms with Crippen LogP contribution in [0.15, 0.2) is 36.5 Å². The highest BCUT2D eigenvalue weighted by Crippen LogP contribution is 2.38. The fraction of sp³-hybridized carbons (Fsp3) is 0. The fourth-order valence-electron chi connectivity index (χ4n) is 2.77. The Labute approximate surface area is 133 Å². The Morgan fingerprint density at radius 3 is 2.70 bits per heavy atom. The molecule has 0 amide bonds. The molecule has 2 aromatic heterocycles. The topological polar surface area (TPSA) is 94.6 Å². The van der Waals surface area contributed by atoms with Crippen LogP contribution in [0, 0.1) is 10.1 Å². The van der Waals surface area contributed by atoms with E-state index in [1.165, 1.54) is 22.7 Å². The van der Waals surface area contributed by atoms with Crippen molar-refractivity contribution in [3.63, 3.8) is 0 Å². The predicted octanol–water partition coefficient (Wildman–Crippen LogP) is 2.94. The highest BCUT2D eigenvalue weighted by Gasteiger charge is 2.39. The number of nitro benzene ring substituents is 1. The molecule has 1 aliphatic rings. The molecule has 0 saturated carbocycles. The molecule has 4 rings (SSSR count). The largest absolute Gasteiger partial charge is 0.296 e. The Hall–Kier alpha value is -3.06. The molecular weight excluding hydrogens is 322 g/mol. The minimum absolute atomic E-state index is 0.0923. The molecule has 0 saturated heterocycles. The standard InChI is InChI=1S/C15H6ClN3O4/c16-7-4-5-18-10(6-7)17-12-8-2-1-3-9(19(22)23)11(8)14(20)15(21)13(12)18/h1-6H. The normalized spacial score (nSPS) is 13.1. The first-order valence-electron chi connectivity index (χ1n) is 6.53. The first-order chi connectivity index (χ1) is 11.0. The SMILES string of the molecule is O=C1C(=O)c2c(nc3cc(Cl)ccn23)-c2cccc([N+](=O)[O-])c21. The van der Waals surface area contributed by atoms with Gasteiger partial charge in [0.15, 0.2) is 0 Å². The van der Waals surface area contributed by atoms with Crippen LogP contribution in [0.3, 0.4) is 0 Å². The van der Waals surface area contributed by atoms with Gasteiger partial charge in [-0.15, -0.1) is 0 Å². The number of hydrogen-bond donors (Lipinski definition) is 0. The number of hydrogen-bond acceptors (Lipinski definition) is 5. The lowest BCUT2D eigenvalue weighted by Crippen LogP contribution is -2.23. The number of nitro groups is 1. The number of imidazole rings is 1. The lowest BCUT2D eigenvalue weighted by molar-refractivity contribution is -0.385. The molecule has 0 radical (unpaired) electrons. The van der Waals surface area contributed by atoms with Crippen LogP contribution in [0.5, 0.6) is 0 Å². The van der Waals surface area contributed by atoms with E-state index in [2.05, 4.69) is 4.98 Å². The Kier molecular flexibility index (Phi) is 2.64. The number of pyridine rings is 1. The van der Waals surface area contributed by atoms with Gasteiger partial charge in [0, 0.05) is 28.9 Å². The number of ketones is 2. The van der Waals surface area contributed by atoms with Crippen LogP contribution >= 0.6 is 11.6 Å². The number of rotatable bonds is 1. The van der Waals surface area contributed by atoms with Crippen molar-refractivity contribution in [3.05, 3.63) is 62.9 Å². The molecule has 23 heavy (non-hydrogen) atoms. The van der Waals surface area contributed by atoms with Gasteiger partial charge in [-0.2, -0.15) is 0 Å². The van der Waals surface area contributed by atoms with E-state index in [0.717, 1.165) is 0 Å². The third-order valence-corrected chi connectivity index (χ3v) is 3.97. The average Bonchev–Trinajstić information content (AvgIpc) is 2.90. The van der Waals surface area contributed by atoms with E-state index in [9.17, 15) is 19.7 Å². The van der Waals surface area contributed by atoms with E-state index in [4.69, 9.17) is 11.6 Å². The maximum Gasteiger partial charge on any atom is 0.281 e. The Bertz CT molecular complexity index is 1050. The van der Waals surface area contributed by atoms with Gasteiger partial charge in [0.2, 0.25) is 5.78 Å². The summed E-state index contributed by atoms with van der Waals surface area (Å²) >= 11 is 5.92. The van der Waals surface area contributed by atoms with Crippen LogP contribution in [-0.4, -0.2) is 25.9 Å². The van der Waals surface area contributed by atoms with Gasteiger partial charge in [0.05, 0.1) is 4.92 Å². The van der Waals surface area contributed by atoms with Gasteiger partial charge >= 0.3 is 0 Å². The zero-order valence-corrected chi connectivity index (χ0v) is 12.1. The zero-order chi connectivity index (χ0) is 16.3. The summed E-state index contributed by atoms with van der Waals surface area (Å²) in [7, 11) is 0. The van der Waals surface area contributed by atoms with Crippen molar-refractivity contribution in [1.82, 2.24) is 9.38 Å². The number of fused-ring (bicyclic) bond motifs is 5. The number of nitrogens with zero attached hydrogens (tertiary/aromatic N) is 3. The molecule has 0 aliphatic heterocycles.